The summed E-state index contributed by atoms with van der Waals surface area (Å²) >= 11 is 0. The van der Waals surface area contributed by atoms with Gasteiger partial charge in [0, 0.05) is 68.2 Å². The maximum atomic E-state index is 2.32. The fourth-order valence-electron chi connectivity index (χ4n) is 8.74. The van der Waals surface area contributed by atoms with Crippen LogP contribution in [-0.4, -0.2) is 0 Å². The average Bonchev–Trinajstić information content (AvgIpc) is 3.37. The van der Waals surface area contributed by atoms with Gasteiger partial charge in [0.2, 0.25) is 0 Å². The maximum Gasteiger partial charge on any atom is 0.0464 e. The van der Waals surface area contributed by atoms with Crippen LogP contribution in [-0.2, 0) is 0 Å². The van der Waals surface area contributed by atoms with Crippen LogP contribution in [0.4, 0.5) is 68.2 Å². The summed E-state index contributed by atoms with van der Waals surface area (Å²) in [4.78, 5) is 9.26. The van der Waals surface area contributed by atoms with E-state index in [0.717, 1.165) is 79.4 Å². The number of rotatable bonds is 13. The predicted molar refractivity (Wildman–Crippen MR) is 280 cm³/mol. The minimum absolute atomic E-state index is 1.08. The SMILES string of the molecule is Cc1cccc(N(c2ccccc2)c2ccc(N(c3ccccc3)c3ccc(-c4ccc(N(c5ccccc5)c5ccc(N(c6ccccc6)c6cccc(C)c6)cc5)cc4)cc3)cc2)c1. The molecule has 0 aromatic heterocycles. The summed E-state index contributed by atoms with van der Waals surface area (Å²) in [5.74, 6) is 0. The molecule has 0 aliphatic carbocycles. The zero-order valence-electron chi connectivity index (χ0n) is 37.2. The van der Waals surface area contributed by atoms with Gasteiger partial charge < -0.3 is 19.6 Å². The number of anilines is 12. The first kappa shape index (κ1) is 41.4. The summed E-state index contributed by atoms with van der Waals surface area (Å²) in [6, 6.07) is 95.2. The normalized spacial score (nSPS) is 10.9. The largest absolute Gasteiger partial charge is 0.311 e. The highest BCUT2D eigenvalue weighted by atomic mass is 15.2. The fourth-order valence-corrected chi connectivity index (χ4v) is 8.74. The molecule has 4 heteroatoms. The Bertz CT molecular complexity index is 2900. The van der Waals surface area contributed by atoms with Gasteiger partial charge in [-0.2, -0.15) is 0 Å². The van der Waals surface area contributed by atoms with Crippen LogP contribution >= 0.6 is 0 Å². The molecule has 0 heterocycles. The minimum atomic E-state index is 1.08. The van der Waals surface area contributed by atoms with Gasteiger partial charge in [0.1, 0.15) is 0 Å². The van der Waals surface area contributed by atoms with Crippen molar-refractivity contribution in [3.05, 3.63) is 278 Å². The van der Waals surface area contributed by atoms with Crippen LogP contribution in [0.15, 0.2) is 267 Å². The Morgan fingerprint density at radius 3 is 0.621 bits per heavy atom. The monoisotopic (exact) mass is 850 g/mol. The second kappa shape index (κ2) is 19.0. The van der Waals surface area contributed by atoms with E-state index in [-0.39, 0.29) is 0 Å². The number of para-hydroxylation sites is 4. The molecule has 0 radical (unpaired) electrons. The van der Waals surface area contributed by atoms with Gasteiger partial charge in [0.25, 0.3) is 0 Å². The van der Waals surface area contributed by atoms with Crippen molar-refractivity contribution in [2.75, 3.05) is 19.6 Å². The molecule has 0 fully saturated rings. The number of hydrogen-bond donors (Lipinski definition) is 0. The number of aryl methyl sites for hydroxylation is 2. The Labute approximate surface area is 389 Å². The van der Waals surface area contributed by atoms with E-state index in [1.165, 1.54) is 11.1 Å². The summed E-state index contributed by atoms with van der Waals surface area (Å²) in [5, 5.41) is 0. The lowest BCUT2D eigenvalue weighted by Gasteiger charge is -2.29. The van der Waals surface area contributed by atoms with E-state index in [0.29, 0.717) is 0 Å². The average molecular weight is 851 g/mol. The Hall–Kier alpha value is -8.60. The Morgan fingerprint density at radius 1 is 0.182 bits per heavy atom. The van der Waals surface area contributed by atoms with Crippen molar-refractivity contribution >= 4 is 68.2 Å². The molecular weight excluding hydrogens is 801 g/mol. The van der Waals surface area contributed by atoms with Gasteiger partial charge in [-0.1, -0.05) is 121 Å². The molecule has 0 amide bonds. The Morgan fingerprint density at radius 2 is 0.379 bits per heavy atom. The van der Waals surface area contributed by atoms with Crippen molar-refractivity contribution in [3.63, 3.8) is 0 Å². The molecule has 0 N–H and O–H groups in total. The standard InChI is InChI=1S/C62H50N4/c1-47-17-15-27-61(45-47)65(53-23-11-5-12-24-53)59-41-37-57(38-42-59)63(51-19-7-3-8-20-51)55-33-29-49(30-34-55)50-31-35-56(36-32-50)64(52-21-9-4-10-22-52)58-39-43-60(44-40-58)66(54-25-13-6-14-26-54)62-28-16-18-48(2)46-62/h3-46H,1-2H3. The summed E-state index contributed by atoms with van der Waals surface area (Å²) in [5.41, 5.74) is 17.9. The highest BCUT2D eigenvalue weighted by Crippen LogP contribution is 2.42. The Balaban J connectivity index is 0.934. The molecule has 10 aromatic carbocycles. The highest BCUT2D eigenvalue weighted by molar-refractivity contribution is 5.84. The van der Waals surface area contributed by atoms with E-state index >= 15 is 0 Å². The van der Waals surface area contributed by atoms with Gasteiger partial charge in [-0.25, -0.2) is 0 Å². The lowest BCUT2D eigenvalue weighted by molar-refractivity contribution is 1.25. The molecular formula is C62H50N4. The van der Waals surface area contributed by atoms with E-state index in [2.05, 4.69) is 300 Å². The first-order valence-corrected chi connectivity index (χ1v) is 22.5. The third kappa shape index (κ3) is 8.94. The Kier molecular flexibility index (Phi) is 11.9. The molecule has 0 aliphatic rings. The van der Waals surface area contributed by atoms with Crippen LogP contribution in [0.3, 0.4) is 0 Å². The highest BCUT2D eigenvalue weighted by Gasteiger charge is 2.18. The molecule has 0 saturated heterocycles. The fraction of sp³-hybridized carbons (Fsp3) is 0.0323. The second-order valence-corrected chi connectivity index (χ2v) is 16.5. The smallest absolute Gasteiger partial charge is 0.0464 e. The predicted octanol–water partition coefficient (Wildman–Crippen LogP) is 17.8. The molecule has 0 spiro atoms. The van der Waals surface area contributed by atoms with E-state index in [9.17, 15) is 0 Å². The zero-order valence-corrected chi connectivity index (χ0v) is 37.2. The van der Waals surface area contributed by atoms with Gasteiger partial charge in [0.05, 0.1) is 0 Å². The summed E-state index contributed by atoms with van der Waals surface area (Å²) in [6.45, 7) is 4.28. The van der Waals surface area contributed by atoms with Gasteiger partial charge >= 0.3 is 0 Å². The maximum absolute atomic E-state index is 2.32. The van der Waals surface area contributed by atoms with Crippen molar-refractivity contribution < 1.29 is 0 Å². The second-order valence-electron chi connectivity index (χ2n) is 16.5. The van der Waals surface area contributed by atoms with Crippen LogP contribution in [0.2, 0.25) is 0 Å². The van der Waals surface area contributed by atoms with E-state index in [1.807, 2.05) is 0 Å². The van der Waals surface area contributed by atoms with Crippen LogP contribution in [0.1, 0.15) is 11.1 Å². The van der Waals surface area contributed by atoms with Crippen LogP contribution in [0.5, 0.6) is 0 Å². The molecule has 318 valence electrons. The molecule has 0 unspecified atom stereocenters. The van der Waals surface area contributed by atoms with Gasteiger partial charge in [-0.15, -0.1) is 0 Å². The summed E-state index contributed by atoms with van der Waals surface area (Å²) in [7, 11) is 0. The third-order valence-corrected chi connectivity index (χ3v) is 11.9. The van der Waals surface area contributed by atoms with Crippen molar-refractivity contribution in [1.29, 1.82) is 0 Å². The molecule has 10 aromatic rings. The quantitative estimate of drug-likeness (QED) is 0.115. The molecule has 66 heavy (non-hydrogen) atoms. The number of nitrogens with zero attached hydrogens (tertiary/aromatic N) is 4. The molecule has 0 saturated carbocycles. The molecule has 0 aliphatic heterocycles. The van der Waals surface area contributed by atoms with Gasteiger partial charge in [-0.3, -0.25) is 0 Å². The lowest BCUT2D eigenvalue weighted by atomic mass is 10.0. The third-order valence-electron chi connectivity index (χ3n) is 11.9. The van der Waals surface area contributed by atoms with E-state index in [1.54, 1.807) is 0 Å². The van der Waals surface area contributed by atoms with Crippen LogP contribution < -0.4 is 19.6 Å². The number of benzene rings is 10. The molecule has 0 atom stereocenters. The molecule has 0 bridgehead atoms. The minimum Gasteiger partial charge on any atom is -0.311 e. The molecule has 10 rings (SSSR count). The van der Waals surface area contributed by atoms with Gasteiger partial charge in [-0.05, 0) is 182 Å². The van der Waals surface area contributed by atoms with Crippen LogP contribution in [0, 0.1) is 13.8 Å². The van der Waals surface area contributed by atoms with E-state index in [4.69, 9.17) is 0 Å². The van der Waals surface area contributed by atoms with Crippen molar-refractivity contribution in [1.82, 2.24) is 0 Å². The lowest BCUT2D eigenvalue weighted by Crippen LogP contribution is -2.12. The first-order chi connectivity index (χ1) is 32.6. The molecule has 4 nitrogen and oxygen atoms in total. The first-order valence-electron chi connectivity index (χ1n) is 22.5. The number of hydrogen-bond acceptors (Lipinski definition) is 4. The van der Waals surface area contributed by atoms with E-state index < -0.39 is 0 Å². The van der Waals surface area contributed by atoms with Crippen molar-refractivity contribution in [3.8, 4) is 11.1 Å². The summed E-state index contributed by atoms with van der Waals surface area (Å²) in [6.07, 6.45) is 0. The topological polar surface area (TPSA) is 13.0 Å². The van der Waals surface area contributed by atoms with Crippen molar-refractivity contribution in [2.45, 2.75) is 13.8 Å². The van der Waals surface area contributed by atoms with Gasteiger partial charge in [0.15, 0.2) is 0 Å². The van der Waals surface area contributed by atoms with Crippen LogP contribution in [0.25, 0.3) is 11.1 Å². The summed E-state index contributed by atoms with van der Waals surface area (Å²) < 4.78 is 0. The van der Waals surface area contributed by atoms with Crippen molar-refractivity contribution in [2.24, 2.45) is 0 Å². The zero-order chi connectivity index (χ0) is 44.7.